The molecular weight excluding hydrogens is 232 g/mol. The van der Waals surface area contributed by atoms with Crippen LogP contribution in [0, 0.1) is 5.92 Å². The van der Waals surface area contributed by atoms with E-state index in [0.717, 1.165) is 18.1 Å². The van der Waals surface area contributed by atoms with Crippen molar-refractivity contribution in [2.24, 2.45) is 11.7 Å². The van der Waals surface area contributed by atoms with E-state index in [4.69, 9.17) is 17.3 Å². The summed E-state index contributed by atoms with van der Waals surface area (Å²) in [6.45, 7) is 5.40. The van der Waals surface area contributed by atoms with E-state index < -0.39 is 0 Å². The molecule has 2 unspecified atom stereocenters. The van der Waals surface area contributed by atoms with Gasteiger partial charge in [0.25, 0.3) is 0 Å². The summed E-state index contributed by atoms with van der Waals surface area (Å²) < 4.78 is 0. The number of rotatable bonds is 3. The maximum atomic E-state index is 6.00. The van der Waals surface area contributed by atoms with Gasteiger partial charge in [-0.3, -0.25) is 4.90 Å². The van der Waals surface area contributed by atoms with Gasteiger partial charge in [0.1, 0.15) is 0 Å². The van der Waals surface area contributed by atoms with Gasteiger partial charge in [-0.25, -0.2) is 0 Å². The Bertz CT molecular complexity index is 365. The van der Waals surface area contributed by atoms with Crippen LogP contribution in [0.5, 0.6) is 0 Å². The number of benzene rings is 1. The summed E-state index contributed by atoms with van der Waals surface area (Å²) in [5.74, 6) is 0.642. The minimum Gasteiger partial charge on any atom is -0.328 e. The first-order valence-corrected chi connectivity index (χ1v) is 6.75. The normalized spacial score (nSPS) is 23.6. The Balaban J connectivity index is 1.94. The molecule has 1 heterocycles. The Morgan fingerprint density at radius 1 is 1.53 bits per heavy atom. The lowest BCUT2D eigenvalue weighted by atomic mass is 9.92. The van der Waals surface area contributed by atoms with Crippen LogP contribution in [0.3, 0.4) is 0 Å². The van der Waals surface area contributed by atoms with Crippen LogP contribution in [0.25, 0.3) is 0 Å². The minimum atomic E-state index is 0.303. The third-order valence-electron chi connectivity index (χ3n) is 3.58. The van der Waals surface area contributed by atoms with Crippen LogP contribution >= 0.6 is 11.6 Å². The summed E-state index contributed by atoms with van der Waals surface area (Å²) >= 11 is 6.00. The molecule has 0 saturated carbocycles. The molecule has 2 rings (SSSR count). The molecule has 0 spiro atoms. The third kappa shape index (κ3) is 3.70. The Morgan fingerprint density at radius 3 is 3.06 bits per heavy atom. The van der Waals surface area contributed by atoms with Gasteiger partial charge >= 0.3 is 0 Å². The summed E-state index contributed by atoms with van der Waals surface area (Å²) in [6.07, 6.45) is 2.52. The largest absolute Gasteiger partial charge is 0.328 e. The van der Waals surface area contributed by atoms with E-state index in [9.17, 15) is 0 Å². The van der Waals surface area contributed by atoms with E-state index >= 15 is 0 Å². The van der Waals surface area contributed by atoms with Crippen molar-refractivity contribution >= 4 is 11.6 Å². The van der Waals surface area contributed by atoms with Gasteiger partial charge < -0.3 is 5.73 Å². The maximum Gasteiger partial charge on any atom is 0.0409 e. The minimum absolute atomic E-state index is 0.303. The first kappa shape index (κ1) is 12.9. The summed E-state index contributed by atoms with van der Waals surface area (Å²) in [4.78, 5) is 2.49. The molecule has 3 heteroatoms. The second kappa shape index (κ2) is 5.85. The van der Waals surface area contributed by atoms with E-state index in [1.807, 2.05) is 12.1 Å². The molecule has 0 aromatic heterocycles. The highest BCUT2D eigenvalue weighted by molar-refractivity contribution is 6.30. The molecule has 2 nitrogen and oxygen atoms in total. The molecule has 1 saturated heterocycles. The van der Waals surface area contributed by atoms with Crippen LogP contribution in [0.4, 0.5) is 0 Å². The van der Waals surface area contributed by atoms with Gasteiger partial charge in [-0.15, -0.1) is 0 Å². The quantitative estimate of drug-likeness (QED) is 0.896. The fourth-order valence-corrected chi connectivity index (χ4v) is 2.77. The van der Waals surface area contributed by atoms with Gasteiger partial charge in [-0.1, -0.05) is 23.7 Å². The van der Waals surface area contributed by atoms with E-state index in [1.54, 1.807) is 0 Å². The molecule has 0 aliphatic carbocycles. The SMILES string of the molecule is CC(N)C1CCCN(Cc2cccc(Cl)c2)C1. The van der Waals surface area contributed by atoms with Crippen molar-refractivity contribution in [1.29, 1.82) is 0 Å². The standard InChI is InChI=1S/C14H21ClN2/c1-11(16)13-5-3-7-17(10-13)9-12-4-2-6-14(15)8-12/h2,4,6,8,11,13H,3,5,7,9-10,16H2,1H3. The molecule has 1 aliphatic rings. The van der Waals surface area contributed by atoms with Crippen molar-refractivity contribution in [3.8, 4) is 0 Å². The second-order valence-electron chi connectivity index (χ2n) is 5.13. The van der Waals surface area contributed by atoms with E-state index in [0.29, 0.717) is 12.0 Å². The van der Waals surface area contributed by atoms with Crippen molar-refractivity contribution < 1.29 is 0 Å². The topological polar surface area (TPSA) is 29.3 Å². The number of piperidine rings is 1. The third-order valence-corrected chi connectivity index (χ3v) is 3.82. The smallest absolute Gasteiger partial charge is 0.0409 e. The van der Waals surface area contributed by atoms with Crippen molar-refractivity contribution in [3.63, 3.8) is 0 Å². The number of nitrogens with two attached hydrogens (primary N) is 1. The summed E-state index contributed by atoms with van der Waals surface area (Å²) in [7, 11) is 0. The fraction of sp³-hybridized carbons (Fsp3) is 0.571. The van der Waals surface area contributed by atoms with Crippen LogP contribution in [0.2, 0.25) is 5.02 Å². The molecule has 17 heavy (non-hydrogen) atoms. The number of likely N-dealkylation sites (tertiary alicyclic amines) is 1. The predicted octanol–water partition coefficient (Wildman–Crippen LogP) is 2.90. The van der Waals surface area contributed by atoms with Crippen LogP contribution in [0.15, 0.2) is 24.3 Å². The molecule has 0 amide bonds. The van der Waals surface area contributed by atoms with Gasteiger partial charge in [0.2, 0.25) is 0 Å². The Hall–Kier alpha value is -0.570. The average Bonchev–Trinajstić information content (AvgIpc) is 2.29. The zero-order valence-electron chi connectivity index (χ0n) is 10.4. The zero-order valence-corrected chi connectivity index (χ0v) is 11.2. The molecular formula is C14H21ClN2. The molecule has 1 aromatic carbocycles. The van der Waals surface area contributed by atoms with Gasteiger partial charge in [-0.05, 0) is 49.9 Å². The molecule has 1 fully saturated rings. The highest BCUT2D eigenvalue weighted by atomic mass is 35.5. The highest BCUT2D eigenvalue weighted by Gasteiger charge is 2.22. The maximum absolute atomic E-state index is 6.00. The number of hydrogen-bond donors (Lipinski definition) is 1. The van der Waals surface area contributed by atoms with Gasteiger partial charge in [0, 0.05) is 24.2 Å². The van der Waals surface area contributed by atoms with Crippen molar-refractivity contribution in [2.75, 3.05) is 13.1 Å². The van der Waals surface area contributed by atoms with Gasteiger partial charge in [0.15, 0.2) is 0 Å². The van der Waals surface area contributed by atoms with Crippen molar-refractivity contribution in [2.45, 2.75) is 32.4 Å². The molecule has 0 radical (unpaired) electrons. The first-order valence-electron chi connectivity index (χ1n) is 6.37. The molecule has 2 atom stereocenters. The Kier molecular flexibility index (Phi) is 4.43. The van der Waals surface area contributed by atoms with E-state index in [-0.39, 0.29) is 0 Å². The lowest BCUT2D eigenvalue weighted by molar-refractivity contribution is 0.154. The molecule has 1 aromatic rings. The number of halogens is 1. The zero-order chi connectivity index (χ0) is 12.3. The molecule has 2 N–H and O–H groups in total. The van der Waals surface area contributed by atoms with Crippen LogP contribution < -0.4 is 5.73 Å². The molecule has 1 aliphatic heterocycles. The van der Waals surface area contributed by atoms with Crippen LogP contribution in [-0.4, -0.2) is 24.0 Å². The molecule has 0 bridgehead atoms. The number of nitrogens with zero attached hydrogens (tertiary/aromatic N) is 1. The van der Waals surface area contributed by atoms with Crippen LogP contribution in [0.1, 0.15) is 25.3 Å². The lowest BCUT2D eigenvalue weighted by Crippen LogP contribution is -2.41. The van der Waals surface area contributed by atoms with Crippen molar-refractivity contribution in [1.82, 2.24) is 4.90 Å². The van der Waals surface area contributed by atoms with E-state index in [1.165, 1.54) is 24.9 Å². The second-order valence-corrected chi connectivity index (χ2v) is 5.56. The average molecular weight is 253 g/mol. The molecule has 94 valence electrons. The van der Waals surface area contributed by atoms with Gasteiger partial charge in [0.05, 0.1) is 0 Å². The van der Waals surface area contributed by atoms with E-state index in [2.05, 4.69) is 24.0 Å². The Labute approximate surface area is 109 Å². The number of hydrogen-bond acceptors (Lipinski definition) is 2. The first-order chi connectivity index (χ1) is 8.15. The predicted molar refractivity (Wildman–Crippen MR) is 73.1 cm³/mol. The van der Waals surface area contributed by atoms with Crippen LogP contribution in [-0.2, 0) is 6.54 Å². The Morgan fingerprint density at radius 2 is 2.35 bits per heavy atom. The van der Waals surface area contributed by atoms with Gasteiger partial charge in [-0.2, -0.15) is 0 Å². The summed E-state index contributed by atoms with van der Waals surface area (Å²) in [5.41, 5.74) is 7.29. The highest BCUT2D eigenvalue weighted by Crippen LogP contribution is 2.21. The summed E-state index contributed by atoms with van der Waals surface area (Å²) in [6, 6.07) is 8.44. The monoisotopic (exact) mass is 252 g/mol. The lowest BCUT2D eigenvalue weighted by Gasteiger charge is -2.34. The summed E-state index contributed by atoms with van der Waals surface area (Å²) in [5, 5.41) is 0.822. The van der Waals surface area contributed by atoms with Crippen molar-refractivity contribution in [3.05, 3.63) is 34.9 Å². The fourth-order valence-electron chi connectivity index (χ4n) is 2.56.